The second kappa shape index (κ2) is 1.78. The highest BCUT2D eigenvalue weighted by molar-refractivity contribution is 4.96. The maximum atomic E-state index is 11.2. The van der Waals surface area contributed by atoms with Crippen LogP contribution in [0.1, 0.15) is 27.7 Å². The van der Waals surface area contributed by atoms with Crippen LogP contribution in [0.2, 0.25) is 0 Å². The molecule has 1 rings (SSSR count). The molecule has 0 aromatic carbocycles. The van der Waals surface area contributed by atoms with E-state index in [1.165, 1.54) is 0 Å². The maximum absolute atomic E-state index is 11.2. The fraction of sp³-hybridized carbons (Fsp3) is 1.00. The summed E-state index contributed by atoms with van der Waals surface area (Å²) in [7, 11) is 0. The van der Waals surface area contributed by atoms with Gasteiger partial charge in [0.05, 0.1) is 5.54 Å². The number of hydrogen-bond acceptors (Lipinski definition) is 2. The van der Waals surface area contributed by atoms with Gasteiger partial charge < -0.3 is 0 Å². The maximum Gasteiger partial charge on any atom is 0.246 e. The molecule has 0 saturated carbocycles. The zero-order valence-electron chi connectivity index (χ0n) is 7.06. The van der Waals surface area contributed by atoms with Crippen molar-refractivity contribution in [2.75, 3.05) is 6.67 Å². The smallest absolute Gasteiger partial charge is 0.246 e. The third-order valence-electron chi connectivity index (χ3n) is 2.82. The minimum absolute atomic E-state index is 0.0747. The van der Waals surface area contributed by atoms with Crippen LogP contribution in [0, 0.1) is 4.91 Å². The second-order valence-electron chi connectivity index (χ2n) is 3.90. The number of nitroso groups, excluding NO2 is 1. The Labute approximate surface area is 61.4 Å². The average Bonchev–Trinajstić information content (AvgIpc) is 1.94. The van der Waals surface area contributed by atoms with E-state index in [4.69, 9.17) is 0 Å². The van der Waals surface area contributed by atoms with Gasteiger partial charge in [-0.2, -0.15) is 0 Å². The Hall–Kier alpha value is -0.440. The quantitative estimate of drug-likeness (QED) is 0.510. The molecule has 10 heavy (non-hydrogen) atoms. The number of rotatable bonds is 0. The summed E-state index contributed by atoms with van der Waals surface area (Å²) in [5.74, 6) is 0. The van der Waals surface area contributed by atoms with Crippen molar-refractivity contribution in [1.29, 1.82) is 0 Å². The minimum Gasteiger partial charge on any atom is -0.246 e. The normalized spacial score (nSPS) is 29.0. The third kappa shape index (κ3) is 0.770. The zero-order chi connectivity index (χ0) is 7.99. The summed E-state index contributed by atoms with van der Waals surface area (Å²) in [4.78, 5) is 11.2. The molecule has 1 aliphatic rings. The molecule has 0 aromatic rings. The molecule has 0 amide bonds. The molecular formula is C7H15N2O+. The lowest BCUT2D eigenvalue weighted by atomic mass is 9.85. The molecule has 0 aromatic heterocycles. The summed E-state index contributed by atoms with van der Waals surface area (Å²) < 4.78 is 1.09. The third-order valence-corrected chi connectivity index (χ3v) is 2.82. The van der Waals surface area contributed by atoms with Gasteiger partial charge in [0.25, 0.3) is 0 Å². The molecule has 1 saturated heterocycles. The molecular weight excluding hydrogens is 128 g/mol. The monoisotopic (exact) mass is 143 g/mol. The van der Waals surface area contributed by atoms with Crippen LogP contribution >= 0.6 is 0 Å². The van der Waals surface area contributed by atoms with E-state index < -0.39 is 0 Å². The number of nitrogens with zero attached hydrogens (tertiary/aromatic N) is 1. The van der Waals surface area contributed by atoms with Gasteiger partial charge in [-0.25, -0.2) is 5.32 Å². The molecule has 0 atom stereocenters. The van der Waals surface area contributed by atoms with Crippen molar-refractivity contribution in [2.24, 2.45) is 0 Å². The van der Waals surface area contributed by atoms with Crippen molar-refractivity contribution in [2.45, 2.75) is 38.8 Å². The molecule has 0 aliphatic carbocycles. The van der Waals surface area contributed by atoms with Crippen molar-refractivity contribution in [3.05, 3.63) is 4.91 Å². The summed E-state index contributed by atoms with van der Waals surface area (Å²) in [6.45, 7) is 8.45. The van der Waals surface area contributed by atoms with Crippen LogP contribution in [0.25, 0.3) is 0 Å². The Kier molecular flexibility index (Phi) is 1.37. The van der Waals surface area contributed by atoms with Gasteiger partial charge >= 0.3 is 0 Å². The summed E-state index contributed by atoms with van der Waals surface area (Å²) >= 11 is 0. The average molecular weight is 143 g/mol. The molecule has 0 unspecified atom stereocenters. The first-order valence-electron chi connectivity index (χ1n) is 3.58. The van der Waals surface area contributed by atoms with Gasteiger partial charge in [-0.05, 0) is 13.8 Å². The first-order valence-corrected chi connectivity index (χ1v) is 3.58. The lowest BCUT2D eigenvalue weighted by Crippen LogP contribution is -2.50. The lowest BCUT2D eigenvalue weighted by Gasteiger charge is -2.24. The van der Waals surface area contributed by atoms with Crippen LogP contribution in [-0.4, -0.2) is 22.5 Å². The molecule has 1 aliphatic heterocycles. The van der Waals surface area contributed by atoms with Gasteiger partial charge in [-0.1, -0.05) is 0 Å². The largest absolute Gasteiger partial charge is 0.246 e. The molecule has 3 heteroatoms. The van der Waals surface area contributed by atoms with Gasteiger partial charge in [0.15, 0.2) is 0 Å². The van der Waals surface area contributed by atoms with E-state index in [2.05, 4.69) is 5.32 Å². The summed E-state index contributed by atoms with van der Waals surface area (Å²) in [6.07, 6.45) is 0. The van der Waals surface area contributed by atoms with Crippen LogP contribution in [0.15, 0.2) is 0 Å². The van der Waals surface area contributed by atoms with Crippen molar-refractivity contribution in [1.82, 2.24) is 5.32 Å². The van der Waals surface area contributed by atoms with E-state index in [1.54, 1.807) is 0 Å². The topological polar surface area (TPSA) is 32.1 Å². The standard InChI is InChI=1S/C7H15N2O/c1-6(2)7(3,4)9(10)5-8-6/h8H,5H2,1-4H3/q+1. The van der Waals surface area contributed by atoms with E-state index in [-0.39, 0.29) is 11.1 Å². The van der Waals surface area contributed by atoms with E-state index in [1.807, 2.05) is 27.7 Å². The lowest BCUT2D eigenvalue weighted by molar-refractivity contribution is -0.603. The van der Waals surface area contributed by atoms with Crippen molar-refractivity contribution in [3.63, 3.8) is 0 Å². The molecule has 0 bridgehead atoms. The van der Waals surface area contributed by atoms with E-state index in [0.717, 1.165) is 4.76 Å². The first kappa shape index (κ1) is 7.66. The Morgan fingerprint density at radius 3 is 1.90 bits per heavy atom. The molecule has 1 N–H and O–H groups in total. The van der Waals surface area contributed by atoms with E-state index >= 15 is 0 Å². The Morgan fingerprint density at radius 1 is 1.30 bits per heavy atom. The van der Waals surface area contributed by atoms with E-state index in [0.29, 0.717) is 6.67 Å². The highest BCUT2D eigenvalue weighted by Crippen LogP contribution is 2.28. The van der Waals surface area contributed by atoms with Crippen molar-refractivity contribution < 1.29 is 4.76 Å². The van der Waals surface area contributed by atoms with Gasteiger partial charge in [-0.3, -0.25) is 0 Å². The van der Waals surface area contributed by atoms with Crippen LogP contribution in [0.4, 0.5) is 0 Å². The van der Waals surface area contributed by atoms with Gasteiger partial charge in [0, 0.05) is 23.5 Å². The second-order valence-corrected chi connectivity index (χ2v) is 3.90. The number of hydrogen-bond donors (Lipinski definition) is 1. The highest BCUT2D eigenvalue weighted by atomic mass is 16.3. The van der Waals surface area contributed by atoms with Crippen LogP contribution in [0.3, 0.4) is 0 Å². The Bertz CT molecular complexity index is 172. The Balaban J connectivity index is 2.95. The molecule has 1 fully saturated rings. The molecule has 1 heterocycles. The predicted octanol–water partition coefficient (Wildman–Crippen LogP) is 0.883. The Morgan fingerprint density at radius 2 is 1.80 bits per heavy atom. The SMILES string of the molecule is CC1(C)NC[N+](=O)C1(C)C. The zero-order valence-corrected chi connectivity index (χ0v) is 7.06. The fourth-order valence-electron chi connectivity index (χ4n) is 0.995. The van der Waals surface area contributed by atoms with Crippen LogP contribution < -0.4 is 5.32 Å². The van der Waals surface area contributed by atoms with Crippen molar-refractivity contribution in [3.8, 4) is 0 Å². The first-order chi connectivity index (χ1) is 4.38. The minimum atomic E-state index is -0.285. The molecule has 58 valence electrons. The predicted molar refractivity (Wildman–Crippen MR) is 39.8 cm³/mol. The van der Waals surface area contributed by atoms with E-state index in [9.17, 15) is 4.91 Å². The van der Waals surface area contributed by atoms with Crippen LogP contribution in [-0.2, 0) is 0 Å². The summed E-state index contributed by atoms with van der Waals surface area (Å²) in [5.41, 5.74) is -0.359. The highest BCUT2D eigenvalue weighted by Gasteiger charge is 2.55. The summed E-state index contributed by atoms with van der Waals surface area (Å²) in [6, 6.07) is 0. The molecule has 0 radical (unpaired) electrons. The van der Waals surface area contributed by atoms with Gasteiger partial charge in [-0.15, -0.1) is 0 Å². The van der Waals surface area contributed by atoms with Crippen molar-refractivity contribution >= 4 is 0 Å². The van der Waals surface area contributed by atoms with Crippen LogP contribution in [0.5, 0.6) is 0 Å². The number of nitrogens with one attached hydrogen (secondary N) is 1. The fourth-order valence-corrected chi connectivity index (χ4v) is 0.995. The van der Waals surface area contributed by atoms with Gasteiger partial charge in [0.1, 0.15) is 0 Å². The molecule has 3 nitrogen and oxygen atoms in total. The van der Waals surface area contributed by atoms with Gasteiger partial charge in [0.2, 0.25) is 12.2 Å². The summed E-state index contributed by atoms with van der Waals surface area (Å²) in [5, 5.41) is 3.15. The molecule has 0 spiro atoms.